The molecular formula is C21H21FN4O3. The van der Waals surface area contributed by atoms with Crippen LogP contribution in [0.5, 0.6) is 0 Å². The van der Waals surface area contributed by atoms with Gasteiger partial charge in [-0.25, -0.2) is 14.2 Å². The lowest BCUT2D eigenvalue weighted by molar-refractivity contribution is 0.192. The van der Waals surface area contributed by atoms with E-state index < -0.39 is 11.9 Å². The Morgan fingerprint density at radius 1 is 1.31 bits per heavy atom. The largest absolute Gasteiger partial charge is 0.416 e. The van der Waals surface area contributed by atoms with E-state index in [9.17, 15) is 14.0 Å². The van der Waals surface area contributed by atoms with Crippen molar-refractivity contribution in [3.05, 3.63) is 64.5 Å². The van der Waals surface area contributed by atoms with E-state index in [0.717, 1.165) is 5.39 Å². The molecule has 3 N–H and O–H groups in total. The summed E-state index contributed by atoms with van der Waals surface area (Å²) in [6, 6.07) is 6.00. The van der Waals surface area contributed by atoms with Gasteiger partial charge < -0.3 is 15.0 Å². The number of fused-ring (bicyclic) bond motifs is 1. The van der Waals surface area contributed by atoms with Crippen molar-refractivity contribution in [1.29, 1.82) is 0 Å². The highest BCUT2D eigenvalue weighted by Gasteiger charge is 2.17. The Bertz CT molecular complexity index is 1200. The molecule has 1 amide bonds. The Hall–Kier alpha value is -3.68. The summed E-state index contributed by atoms with van der Waals surface area (Å²) in [5, 5.41) is 3.06. The zero-order valence-electron chi connectivity index (χ0n) is 16.4. The van der Waals surface area contributed by atoms with E-state index in [4.69, 9.17) is 10.5 Å². The van der Waals surface area contributed by atoms with Crippen molar-refractivity contribution in [3.63, 3.8) is 0 Å². The summed E-state index contributed by atoms with van der Waals surface area (Å²) in [6.45, 7) is 8.92. The molecule has 3 aromatic rings. The predicted octanol–water partition coefficient (Wildman–Crippen LogP) is 4.20. The number of benzene rings is 1. The zero-order chi connectivity index (χ0) is 21.3. The first-order valence-electron chi connectivity index (χ1n) is 8.95. The van der Waals surface area contributed by atoms with Gasteiger partial charge in [0, 0.05) is 29.8 Å². The van der Waals surface area contributed by atoms with Crippen LogP contribution in [0.1, 0.15) is 19.4 Å². The van der Waals surface area contributed by atoms with Gasteiger partial charge in [-0.2, -0.15) is 0 Å². The van der Waals surface area contributed by atoms with E-state index >= 15 is 0 Å². The van der Waals surface area contributed by atoms with E-state index in [0.29, 0.717) is 34.6 Å². The average Bonchev–Trinajstić information content (AvgIpc) is 2.63. The summed E-state index contributed by atoms with van der Waals surface area (Å²) in [4.78, 5) is 29.1. The number of nitrogen functional groups attached to an aromatic ring is 1. The second-order valence-electron chi connectivity index (χ2n) is 6.64. The SMILES string of the molecule is C=C(C)OC(=O)Nc1cc(-c2cc3cnc(N)cc3n(CC)c2=O)c(C)cc1F. The molecule has 0 unspecified atom stereocenters. The molecule has 0 saturated heterocycles. The first-order valence-corrected chi connectivity index (χ1v) is 8.95. The van der Waals surface area contributed by atoms with Crippen LogP contribution in [-0.4, -0.2) is 15.6 Å². The Balaban J connectivity index is 2.19. The molecule has 1 aromatic carbocycles. The molecule has 0 radical (unpaired) electrons. The summed E-state index contributed by atoms with van der Waals surface area (Å²) in [7, 11) is 0. The van der Waals surface area contributed by atoms with Gasteiger partial charge >= 0.3 is 6.09 Å². The lowest BCUT2D eigenvalue weighted by Gasteiger charge is -2.15. The number of allylic oxidation sites excluding steroid dienone is 1. The number of aromatic nitrogens is 2. The maximum Gasteiger partial charge on any atom is 0.416 e. The number of carbonyl (C=O) groups excluding carboxylic acids is 1. The number of hydrogen-bond donors (Lipinski definition) is 2. The smallest absolute Gasteiger partial charge is 0.416 e. The lowest BCUT2D eigenvalue weighted by atomic mass is 9.99. The van der Waals surface area contributed by atoms with Gasteiger partial charge in [-0.3, -0.25) is 10.1 Å². The fourth-order valence-corrected chi connectivity index (χ4v) is 3.15. The summed E-state index contributed by atoms with van der Waals surface area (Å²) < 4.78 is 20.8. The normalized spacial score (nSPS) is 10.8. The van der Waals surface area contributed by atoms with Crippen molar-refractivity contribution in [2.45, 2.75) is 27.3 Å². The minimum Gasteiger partial charge on any atom is -0.416 e. The molecule has 0 atom stereocenters. The van der Waals surface area contributed by atoms with Crippen LogP contribution in [0, 0.1) is 12.7 Å². The van der Waals surface area contributed by atoms with Gasteiger partial charge in [0.15, 0.2) is 0 Å². The number of ether oxygens (including phenoxy) is 1. The van der Waals surface area contributed by atoms with Crippen LogP contribution in [0.3, 0.4) is 0 Å². The van der Waals surface area contributed by atoms with Crippen molar-refractivity contribution in [3.8, 4) is 11.1 Å². The first kappa shape index (κ1) is 20.1. The molecule has 0 saturated carbocycles. The Kier molecular flexibility index (Phi) is 5.36. The third kappa shape index (κ3) is 3.96. The van der Waals surface area contributed by atoms with Gasteiger partial charge in [-0.1, -0.05) is 6.58 Å². The number of nitrogens with one attached hydrogen (secondary N) is 1. The molecule has 2 heterocycles. The molecule has 2 aromatic heterocycles. The zero-order valence-corrected chi connectivity index (χ0v) is 16.4. The number of anilines is 2. The number of pyridine rings is 2. The van der Waals surface area contributed by atoms with Crippen molar-refractivity contribution in [2.75, 3.05) is 11.1 Å². The third-order valence-corrected chi connectivity index (χ3v) is 4.42. The number of hydrogen-bond acceptors (Lipinski definition) is 5. The molecule has 0 spiro atoms. The Morgan fingerprint density at radius 2 is 2.03 bits per heavy atom. The summed E-state index contributed by atoms with van der Waals surface area (Å²) in [5.74, 6) is -0.161. The van der Waals surface area contributed by atoms with Crippen molar-refractivity contribution < 1.29 is 13.9 Å². The first-order chi connectivity index (χ1) is 13.7. The average molecular weight is 396 g/mol. The Morgan fingerprint density at radius 3 is 2.69 bits per heavy atom. The molecule has 150 valence electrons. The second-order valence-corrected chi connectivity index (χ2v) is 6.64. The number of nitrogens with two attached hydrogens (primary N) is 1. The van der Waals surface area contributed by atoms with Crippen LogP contribution in [0.4, 0.5) is 20.7 Å². The van der Waals surface area contributed by atoms with Crippen LogP contribution < -0.4 is 16.6 Å². The molecule has 7 nitrogen and oxygen atoms in total. The number of halogens is 1. The number of aryl methyl sites for hydroxylation is 2. The van der Waals surface area contributed by atoms with Gasteiger partial charge in [-0.15, -0.1) is 0 Å². The van der Waals surface area contributed by atoms with Gasteiger partial charge in [0.25, 0.3) is 5.56 Å². The predicted molar refractivity (Wildman–Crippen MR) is 111 cm³/mol. The van der Waals surface area contributed by atoms with Crippen molar-refractivity contribution >= 4 is 28.5 Å². The van der Waals surface area contributed by atoms with Gasteiger partial charge in [0.05, 0.1) is 17.0 Å². The molecule has 0 aliphatic rings. The van der Waals surface area contributed by atoms with Crippen LogP contribution >= 0.6 is 0 Å². The number of amides is 1. The topological polar surface area (TPSA) is 99.2 Å². The molecular weight excluding hydrogens is 375 g/mol. The molecule has 0 aliphatic carbocycles. The Labute approximate surface area is 166 Å². The molecule has 29 heavy (non-hydrogen) atoms. The van der Waals surface area contributed by atoms with E-state index in [1.54, 1.807) is 29.8 Å². The molecule has 0 fully saturated rings. The number of carbonyl (C=O) groups is 1. The molecule has 0 aliphatic heterocycles. The van der Waals surface area contributed by atoms with Crippen LogP contribution in [0.25, 0.3) is 22.0 Å². The molecule has 0 bridgehead atoms. The van der Waals surface area contributed by atoms with Crippen LogP contribution in [0.2, 0.25) is 0 Å². The highest BCUT2D eigenvalue weighted by atomic mass is 19.1. The van der Waals surface area contributed by atoms with Crippen molar-refractivity contribution in [1.82, 2.24) is 9.55 Å². The van der Waals surface area contributed by atoms with E-state index in [1.807, 2.05) is 6.92 Å². The quantitative estimate of drug-likeness (QED) is 0.644. The molecule has 3 rings (SSSR count). The van der Waals surface area contributed by atoms with Crippen LogP contribution in [0.15, 0.2) is 47.6 Å². The maximum atomic E-state index is 14.4. The maximum absolute atomic E-state index is 14.4. The monoisotopic (exact) mass is 396 g/mol. The standard InChI is InChI=1S/C21H21FN4O3/c1-5-26-18-9-19(23)24-10-13(18)7-15(20(26)27)14-8-17(16(22)6-12(14)4)25-21(28)29-11(2)3/h6-10H,2,5H2,1,3-4H3,(H2,23,24)(H,25,28). The van der Waals surface area contributed by atoms with E-state index in [-0.39, 0.29) is 17.0 Å². The summed E-state index contributed by atoms with van der Waals surface area (Å²) in [5.41, 5.74) is 7.46. The highest BCUT2D eigenvalue weighted by molar-refractivity contribution is 5.89. The van der Waals surface area contributed by atoms with Gasteiger partial charge in [0.2, 0.25) is 0 Å². The molecule has 8 heteroatoms. The van der Waals surface area contributed by atoms with Gasteiger partial charge in [-0.05, 0) is 50.1 Å². The van der Waals surface area contributed by atoms with E-state index in [2.05, 4.69) is 16.9 Å². The minimum absolute atomic E-state index is 0.102. The van der Waals surface area contributed by atoms with Crippen LogP contribution in [-0.2, 0) is 11.3 Å². The minimum atomic E-state index is -0.865. The number of rotatable bonds is 4. The lowest BCUT2D eigenvalue weighted by Crippen LogP contribution is -2.22. The fraction of sp³-hybridized carbons (Fsp3) is 0.190. The van der Waals surface area contributed by atoms with Gasteiger partial charge in [0.1, 0.15) is 11.6 Å². The summed E-state index contributed by atoms with van der Waals surface area (Å²) in [6.07, 6.45) is 0.720. The fourth-order valence-electron chi connectivity index (χ4n) is 3.15. The van der Waals surface area contributed by atoms with E-state index in [1.165, 1.54) is 19.1 Å². The second kappa shape index (κ2) is 7.75. The highest BCUT2D eigenvalue weighted by Crippen LogP contribution is 2.29. The third-order valence-electron chi connectivity index (χ3n) is 4.42. The summed E-state index contributed by atoms with van der Waals surface area (Å²) >= 11 is 0. The number of nitrogens with zero attached hydrogens (tertiary/aromatic N) is 2. The van der Waals surface area contributed by atoms with Crippen molar-refractivity contribution in [2.24, 2.45) is 0 Å².